The number of hydrogen-bond acceptors (Lipinski definition) is 2. The second kappa shape index (κ2) is 6.93. The molecule has 3 N–H and O–H groups in total. The Morgan fingerprint density at radius 3 is 2.48 bits per heavy atom. The number of rotatable bonds is 5. The molecule has 0 spiro atoms. The molecule has 0 aromatic heterocycles. The highest BCUT2D eigenvalue weighted by atomic mass is 16.1. The Labute approximate surface area is 126 Å². The summed E-state index contributed by atoms with van der Waals surface area (Å²) in [5, 5.41) is 2.90. The minimum absolute atomic E-state index is 0.0132. The summed E-state index contributed by atoms with van der Waals surface area (Å²) in [7, 11) is 0. The zero-order valence-electron chi connectivity index (χ0n) is 12.6. The Morgan fingerprint density at radius 1 is 1.14 bits per heavy atom. The van der Waals surface area contributed by atoms with Gasteiger partial charge in [0.15, 0.2) is 0 Å². The third-order valence-corrected chi connectivity index (χ3v) is 3.57. The number of nitrogens with two attached hydrogens (primary N) is 1. The molecule has 3 nitrogen and oxygen atoms in total. The van der Waals surface area contributed by atoms with Gasteiger partial charge in [0.2, 0.25) is 5.91 Å². The van der Waals surface area contributed by atoms with E-state index in [2.05, 4.69) is 43.4 Å². The molecule has 0 atom stereocenters. The summed E-state index contributed by atoms with van der Waals surface area (Å²) >= 11 is 0. The second-order valence-electron chi connectivity index (χ2n) is 5.30. The Kier molecular flexibility index (Phi) is 4.99. The quantitative estimate of drug-likeness (QED) is 0.821. The van der Waals surface area contributed by atoms with Gasteiger partial charge >= 0.3 is 0 Å². The third kappa shape index (κ3) is 4.35. The molecule has 2 rings (SSSR count). The molecular formula is C18H22N2O. The number of nitrogens with one attached hydrogen (secondary N) is 1. The van der Waals surface area contributed by atoms with Crippen LogP contribution >= 0.6 is 0 Å². The van der Waals surface area contributed by atoms with Crippen LogP contribution in [0, 0.1) is 6.92 Å². The van der Waals surface area contributed by atoms with Crippen molar-refractivity contribution in [2.24, 2.45) is 0 Å². The molecule has 0 aliphatic heterocycles. The molecule has 0 heterocycles. The summed E-state index contributed by atoms with van der Waals surface area (Å²) < 4.78 is 0. The first-order valence-electron chi connectivity index (χ1n) is 7.32. The first-order chi connectivity index (χ1) is 10.1. The van der Waals surface area contributed by atoms with Gasteiger partial charge < -0.3 is 11.1 Å². The molecule has 3 heteroatoms. The smallest absolute Gasteiger partial charge is 0.224 e. The van der Waals surface area contributed by atoms with Crippen molar-refractivity contribution in [2.75, 3.05) is 11.1 Å². The summed E-state index contributed by atoms with van der Waals surface area (Å²) in [6.07, 6.45) is 2.11. The fourth-order valence-corrected chi connectivity index (χ4v) is 2.23. The zero-order chi connectivity index (χ0) is 15.2. The molecule has 2 aromatic carbocycles. The van der Waals surface area contributed by atoms with Crippen molar-refractivity contribution in [1.82, 2.24) is 0 Å². The summed E-state index contributed by atoms with van der Waals surface area (Å²) in [5.41, 5.74) is 10.9. The minimum atomic E-state index is 0.0132. The lowest BCUT2D eigenvalue weighted by Crippen LogP contribution is -2.12. The molecular weight excluding hydrogens is 260 g/mol. The van der Waals surface area contributed by atoms with Gasteiger partial charge in [0.1, 0.15) is 0 Å². The molecule has 0 fully saturated rings. The zero-order valence-corrected chi connectivity index (χ0v) is 12.6. The van der Waals surface area contributed by atoms with Crippen molar-refractivity contribution in [3.63, 3.8) is 0 Å². The lowest BCUT2D eigenvalue weighted by molar-refractivity contribution is -0.116. The van der Waals surface area contributed by atoms with E-state index in [0.29, 0.717) is 6.42 Å². The van der Waals surface area contributed by atoms with Gasteiger partial charge in [-0.25, -0.2) is 0 Å². The van der Waals surface area contributed by atoms with Crippen LogP contribution in [0.25, 0.3) is 0 Å². The van der Waals surface area contributed by atoms with Crippen LogP contribution in [-0.4, -0.2) is 5.91 Å². The second-order valence-corrected chi connectivity index (χ2v) is 5.30. The van der Waals surface area contributed by atoms with Crippen molar-refractivity contribution < 1.29 is 4.79 Å². The maximum absolute atomic E-state index is 12.0. The maximum atomic E-state index is 12.0. The van der Waals surface area contributed by atoms with E-state index in [-0.39, 0.29) is 5.91 Å². The molecule has 2 aromatic rings. The summed E-state index contributed by atoms with van der Waals surface area (Å²) in [5.74, 6) is 0.0132. The van der Waals surface area contributed by atoms with E-state index in [1.54, 1.807) is 0 Å². The van der Waals surface area contributed by atoms with Gasteiger partial charge in [-0.3, -0.25) is 4.79 Å². The number of nitrogen functional groups attached to an aromatic ring is 1. The van der Waals surface area contributed by atoms with Gasteiger partial charge in [0, 0.05) is 17.8 Å². The van der Waals surface area contributed by atoms with E-state index >= 15 is 0 Å². The average Bonchev–Trinajstić information content (AvgIpc) is 2.47. The Morgan fingerprint density at radius 2 is 1.86 bits per heavy atom. The van der Waals surface area contributed by atoms with Crippen LogP contribution in [0.3, 0.4) is 0 Å². The maximum Gasteiger partial charge on any atom is 0.224 e. The minimum Gasteiger partial charge on any atom is -0.398 e. The topological polar surface area (TPSA) is 55.1 Å². The molecule has 0 radical (unpaired) electrons. The number of hydrogen-bond donors (Lipinski definition) is 2. The molecule has 0 unspecified atom stereocenters. The van der Waals surface area contributed by atoms with E-state index in [1.807, 2.05) is 18.2 Å². The highest BCUT2D eigenvalue weighted by Gasteiger charge is 2.05. The Hall–Kier alpha value is -2.29. The molecule has 0 bridgehead atoms. The first-order valence-corrected chi connectivity index (χ1v) is 7.32. The van der Waals surface area contributed by atoms with Crippen molar-refractivity contribution in [3.8, 4) is 0 Å². The van der Waals surface area contributed by atoms with Gasteiger partial charge in [0.25, 0.3) is 0 Å². The largest absolute Gasteiger partial charge is 0.398 e. The number of benzene rings is 2. The van der Waals surface area contributed by atoms with Crippen LogP contribution < -0.4 is 11.1 Å². The van der Waals surface area contributed by atoms with Crippen LogP contribution in [0.1, 0.15) is 30.0 Å². The van der Waals surface area contributed by atoms with Gasteiger partial charge in [-0.2, -0.15) is 0 Å². The Bertz CT molecular complexity index is 618. The molecule has 0 saturated carbocycles. The monoisotopic (exact) mass is 282 g/mol. The predicted molar refractivity (Wildman–Crippen MR) is 88.4 cm³/mol. The van der Waals surface area contributed by atoms with Gasteiger partial charge in [-0.1, -0.05) is 42.8 Å². The molecule has 110 valence electrons. The van der Waals surface area contributed by atoms with Gasteiger partial charge in [0.05, 0.1) is 0 Å². The summed E-state index contributed by atoms with van der Waals surface area (Å²) in [4.78, 5) is 12.0. The number of anilines is 2. The first kappa shape index (κ1) is 15.1. The van der Waals surface area contributed by atoms with Crippen LogP contribution in [0.5, 0.6) is 0 Å². The van der Waals surface area contributed by atoms with Crippen LogP contribution in [0.2, 0.25) is 0 Å². The van der Waals surface area contributed by atoms with E-state index in [0.717, 1.165) is 29.8 Å². The molecule has 21 heavy (non-hydrogen) atoms. The third-order valence-electron chi connectivity index (χ3n) is 3.57. The molecule has 0 aliphatic carbocycles. The van der Waals surface area contributed by atoms with Crippen molar-refractivity contribution in [3.05, 3.63) is 59.2 Å². The van der Waals surface area contributed by atoms with E-state index in [1.165, 1.54) is 11.1 Å². The number of aryl methyl sites for hydroxylation is 3. The van der Waals surface area contributed by atoms with Crippen molar-refractivity contribution in [2.45, 2.75) is 33.1 Å². The number of amides is 1. The molecule has 1 amide bonds. The Balaban J connectivity index is 1.89. The normalized spacial score (nSPS) is 10.4. The van der Waals surface area contributed by atoms with E-state index in [4.69, 9.17) is 5.73 Å². The lowest BCUT2D eigenvalue weighted by Gasteiger charge is -2.09. The summed E-state index contributed by atoms with van der Waals surface area (Å²) in [6.45, 7) is 4.12. The molecule has 0 aliphatic rings. The van der Waals surface area contributed by atoms with Crippen molar-refractivity contribution in [1.29, 1.82) is 0 Å². The fourth-order valence-electron chi connectivity index (χ4n) is 2.23. The van der Waals surface area contributed by atoms with Gasteiger partial charge in [-0.05, 0) is 43.0 Å². The predicted octanol–water partition coefficient (Wildman–Crippen LogP) is 3.71. The number of carbonyl (C=O) groups is 1. The molecule has 0 saturated heterocycles. The van der Waals surface area contributed by atoms with E-state index in [9.17, 15) is 4.79 Å². The SMILES string of the molecule is CCc1ccc(NC(=O)CCc2ccc(C)cc2)cc1N. The highest BCUT2D eigenvalue weighted by molar-refractivity contribution is 5.91. The number of carbonyl (C=O) groups excluding carboxylic acids is 1. The lowest BCUT2D eigenvalue weighted by atomic mass is 10.1. The van der Waals surface area contributed by atoms with Crippen LogP contribution in [0.15, 0.2) is 42.5 Å². The van der Waals surface area contributed by atoms with Gasteiger partial charge in [-0.15, -0.1) is 0 Å². The summed E-state index contributed by atoms with van der Waals surface area (Å²) in [6, 6.07) is 14.0. The van der Waals surface area contributed by atoms with E-state index < -0.39 is 0 Å². The standard InChI is InChI=1S/C18H22N2O/c1-3-15-9-10-16(12-17(15)19)20-18(21)11-8-14-6-4-13(2)5-7-14/h4-7,9-10,12H,3,8,11,19H2,1-2H3,(H,20,21). The van der Waals surface area contributed by atoms with Crippen molar-refractivity contribution >= 4 is 17.3 Å². The highest BCUT2D eigenvalue weighted by Crippen LogP contribution is 2.18. The van der Waals surface area contributed by atoms with Crippen LogP contribution in [0.4, 0.5) is 11.4 Å². The van der Waals surface area contributed by atoms with Crippen LogP contribution in [-0.2, 0) is 17.6 Å². The average molecular weight is 282 g/mol. The fraction of sp³-hybridized carbons (Fsp3) is 0.278.